The molecule has 1 saturated carbocycles. The predicted molar refractivity (Wildman–Crippen MR) is 112 cm³/mol. The summed E-state index contributed by atoms with van der Waals surface area (Å²) in [5, 5.41) is 6.04. The van der Waals surface area contributed by atoms with Crippen molar-refractivity contribution in [3.05, 3.63) is 30.1 Å². The molecule has 1 aromatic rings. The molecular weight excluding hydrogens is 371 g/mol. The summed E-state index contributed by atoms with van der Waals surface area (Å²) in [6, 6.07) is 5.95. The molecule has 2 amide bonds. The standard InChI is InChI=1S/C22H33FN4O2/c1-17(22(29)25-19-6-4-2-3-5-7-19)27-14-12-26(13-15-27)16-21(28)24-20-10-8-18(23)9-11-20/h8-11,17,19H,2-7,12-16H2,1H3,(H,24,28)(H,25,29)/t17-/m1/s1. The van der Waals surface area contributed by atoms with Crippen LogP contribution in [-0.2, 0) is 9.59 Å². The van der Waals surface area contributed by atoms with Gasteiger partial charge in [0.25, 0.3) is 0 Å². The van der Waals surface area contributed by atoms with E-state index in [9.17, 15) is 14.0 Å². The molecule has 29 heavy (non-hydrogen) atoms. The molecule has 1 atom stereocenters. The van der Waals surface area contributed by atoms with Gasteiger partial charge in [0, 0.05) is 37.9 Å². The maximum absolute atomic E-state index is 13.0. The Hall–Kier alpha value is -1.99. The van der Waals surface area contributed by atoms with Crippen molar-refractivity contribution in [1.29, 1.82) is 0 Å². The minimum absolute atomic E-state index is 0.107. The van der Waals surface area contributed by atoms with Gasteiger partial charge in [-0.25, -0.2) is 4.39 Å². The van der Waals surface area contributed by atoms with Crippen LogP contribution in [0, 0.1) is 5.82 Å². The monoisotopic (exact) mass is 404 g/mol. The molecule has 6 nitrogen and oxygen atoms in total. The van der Waals surface area contributed by atoms with E-state index < -0.39 is 0 Å². The molecule has 0 spiro atoms. The van der Waals surface area contributed by atoms with Crippen LogP contribution in [0.2, 0.25) is 0 Å². The van der Waals surface area contributed by atoms with Crippen LogP contribution in [0.25, 0.3) is 0 Å². The molecule has 2 N–H and O–H groups in total. The lowest BCUT2D eigenvalue weighted by Crippen LogP contribution is -2.55. The van der Waals surface area contributed by atoms with Crippen LogP contribution in [0.3, 0.4) is 0 Å². The van der Waals surface area contributed by atoms with Gasteiger partial charge in [0.2, 0.25) is 11.8 Å². The Balaban J connectivity index is 1.39. The van der Waals surface area contributed by atoms with Crippen molar-refractivity contribution in [2.75, 3.05) is 38.0 Å². The van der Waals surface area contributed by atoms with E-state index in [1.165, 1.54) is 37.8 Å². The van der Waals surface area contributed by atoms with Crippen molar-refractivity contribution in [2.24, 2.45) is 0 Å². The van der Waals surface area contributed by atoms with E-state index in [0.29, 0.717) is 18.3 Å². The second kappa shape index (κ2) is 10.7. The van der Waals surface area contributed by atoms with E-state index in [2.05, 4.69) is 20.4 Å². The van der Waals surface area contributed by atoms with E-state index in [1.54, 1.807) is 12.1 Å². The zero-order valence-electron chi connectivity index (χ0n) is 17.3. The van der Waals surface area contributed by atoms with Crippen LogP contribution in [0.1, 0.15) is 45.4 Å². The first-order valence-electron chi connectivity index (χ1n) is 10.8. The van der Waals surface area contributed by atoms with Gasteiger partial charge in [0.15, 0.2) is 0 Å². The van der Waals surface area contributed by atoms with Gasteiger partial charge in [0.05, 0.1) is 12.6 Å². The number of piperazine rings is 1. The molecule has 1 heterocycles. The number of hydrogen-bond acceptors (Lipinski definition) is 4. The lowest BCUT2D eigenvalue weighted by Gasteiger charge is -2.37. The quantitative estimate of drug-likeness (QED) is 0.716. The minimum atomic E-state index is -0.323. The number of carbonyl (C=O) groups is 2. The van der Waals surface area contributed by atoms with E-state index in [1.807, 2.05) is 6.92 Å². The topological polar surface area (TPSA) is 64.7 Å². The zero-order valence-corrected chi connectivity index (χ0v) is 17.3. The van der Waals surface area contributed by atoms with Gasteiger partial charge in [-0.05, 0) is 44.0 Å². The van der Waals surface area contributed by atoms with Crippen molar-refractivity contribution < 1.29 is 14.0 Å². The Morgan fingerprint density at radius 3 is 2.28 bits per heavy atom. The number of hydrogen-bond donors (Lipinski definition) is 2. The third-order valence-corrected chi connectivity index (χ3v) is 6.03. The summed E-state index contributed by atoms with van der Waals surface area (Å²) in [7, 11) is 0. The number of amides is 2. The zero-order chi connectivity index (χ0) is 20.6. The highest BCUT2D eigenvalue weighted by molar-refractivity contribution is 5.92. The normalized spacial score (nSPS) is 20.6. The lowest BCUT2D eigenvalue weighted by molar-refractivity contribution is -0.128. The second-order valence-electron chi connectivity index (χ2n) is 8.24. The molecule has 0 aromatic heterocycles. The van der Waals surface area contributed by atoms with Crippen LogP contribution in [0.5, 0.6) is 0 Å². The Labute approximate surface area is 172 Å². The third-order valence-electron chi connectivity index (χ3n) is 6.03. The number of anilines is 1. The van der Waals surface area contributed by atoms with Crippen LogP contribution in [-0.4, -0.2) is 66.4 Å². The van der Waals surface area contributed by atoms with E-state index in [-0.39, 0.29) is 23.7 Å². The van der Waals surface area contributed by atoms with Gasteiger partial charge in [-0.1, -0.05) is 25.7 Å². The highest BCUT2D eigenvalue weighted by Crippen LogP contribution is 2.18. The third kappa shape index (κ3) is 6.78. The molecule has 0 bridgehead atoms. The number of halogens is 1. The van der Waals surface area contributed by atoms with E-state index >= 15 is 0 Å². The van der Waals surface area contributed by atoms with Crippen molar-refractivity contribution in [2.45, 2.75) is 57.5 Å². The molecule has 1 saturated heterocycles. The predicted octanol–water partition coefficient (Wildman–Crippen LogP) is 2.61. The minimum Gasteiger partial charge on any atom is -0.352 e. The maximum atomic E-state index is 13.0. The fourth-order valence-electron chi connectivity index (χ4n) is 4.16. The SMILES string of the molecule is C[C@H](C(=O)NC1CCCCCC1)N1CCN(CC(=O)Nc2ccc(F)cc2)CC1. The first kappa shape index (κ1) is 21.7. The van der Waals surface area contributed by atoms with Gasteiger partial charge < -0.3 is 10.6 Å². The fraction of sp³-hybridized carbons (Fsp3) is 0.636. The Kier molecular flexibility index (Phi) is 8.00. The summed E-state index contributed by atoms with van der Waals surface area (Å²) in [6.45, 7) is 5.30. The Morgan fingerprint density at radius 2 is 1.66 bits per heavy atom. The van der Waals surface area contributed by atoms with Gasteiger partial charge in [0.1, 0.15) is 5.82 Å². The summed E-state index contributed by atoms with van der Waals surface area (Å²) in [6.07, 6.45) is 7.15. The van der Waals surface area contributed by atoms with E-state index in [0.717, 1.165) is 39.0 Å². The van der Waals surface area contributed by atoms with Gasteiger partial charge in [-0.2, -0.15) is 0 Å². The Bertz CT molecular complexity index is 666. The summed E-state index contributed by atoms with van der Waals surface area (Å²) >= 11 is 0. The molecule has 160 valence electrons. The van der Waals surface area contributed by atoms with E-state index in [4.69, 9.17) is 0 Å². The number of carbonyl (C=O) groups excluding carboxylic acids is 2. The molecule has 0 unspecified atom stereocenters. The van der Waals surface area contributed by atoms with Gasteiger partial charge in [-0.3, -0.25) is 19.4 Å². The lowest BCUT2D eigenvalue weighted by atomic mass is 10.1. The van der Waals surface area contributed by atoms with Crippen LogP contribution in [0.15, 0.2) is 24.3 Å². The van der Waals surface area contributed by atoms with Crippen LogP contribution >= 0.6 is 0 Å². The van der Waals surface area contributed by atoms with Crippen LogP contribution < -0.4 is 10.6 Å². The molecule has 2 aliphatic rings. The summed E-state index contributed by atoms with van der Waals surface area (Å²) in [5.74, 6) is -0.306. The van der Waals surface area contributed by atoms with Gasteiger partial charge in [-0.15, -0.1) is 0 Å². The largest absolute Gasteiger partial charge is 0.352 e. The second-order valence-corrected chi connectivity index (χ2v) is 8.24. The first-order valence-corrected chi connectivity index (χ1v) is 10.8. The number of benzene rings is 1. The molecule has 0 radical (unpaired) electrons. The number of nitrogens with one attached hydrogen (secondary N) is 2. The highest BCUT2D eigenvalue weighted by atomic mass is 19.1. The highest BCUT2D eigenvalue weighted by Gasteiger charge is 2.27. The summed E-state index contributed by atoms with van der Waals surface area (Å²) < 4.78 is 13.0. The average molecular weight is 405 g/mol. The summed E-state index contributed by atoms with van der Waals surface area (Å²) in [4.78, 5) is 29.1. The van der Waals surface area contributed by atoms with Crippen molar-refractivity contribution >= 4 is 17.5 Å². The molecule has 1 aliphatic carbocycles. The van der Waals surface area contributed by atoms with Crippen molar-refractivity contribution in [3.63, 3.8) is 0 Å². The molecule has 3 rings (SSSR count). The summed E-state index contributed by atoms with van der Waals surface area (Å²) in [5.41, 5.74) is 0.596. The molecule has 7 heteroatoms. The van der Waals surface area contributed by atoms with Gasteiger partial charge >= 0.3 is 0 Å². The number of nitrogens with zero attached hydrogens (tertiary/aromatic N) is 2. The van der Waals surface area contributed by atoms with Crippen molar-refractivity contribution in [1.82, 2.24) is 15.1 Å². The number of rotatable bonds is 6. The first-order chi connectivity index (χ1) is 14.0. The maximum Gasteiger partial charge on any atom is 0.238 e. The smallest absolute Gasteiger partial charge is 0.238 e. The molecule has 1 aromatic carbocycles. The molecule has 1 aliphatic heterocycles. The van der Waals surface area contributed by atoms with Crippen LogP contribution in [0.4, 0.5) is 10.1 Å². The molecule has 2 fully saturated rings. The van der Waals surface area contributed by atoms with Crippen molar-refractivity contribution in [3.8, 4) is 0 Å². The average Bonchev–Trinajstić information content (AvgIpc) is 2.98. The Morgan fingerprint density at radius 1 is 1.03 bits per heavy atom. The molecular formula is C22H33FN4O2. The fourth-order valence-corrected chi connectivity index (χ4v) is 4.16.